The number of carbonyl (C=O) groups excluding carboxylic acids is 1. The molecular weight excluding hydrogens is 299 g/mol. The highest BCUT2D eigenvalue weighted by molar-refractivity contribution is 5.78. The van der Waals surface area contributed by atoms with Crippen molar-refractivity contribution in [3.8, 4) is 5.75 Å². The zero-order valence-corrected chi connectivity index (χ0v) is 13.2. The molecule has 0 saturated carbocycles. The van der Waals surface area contributed by atoms with E-state index in [9.17, 15) is 14.3 Å². The highest BCUT2D eigenvalue weighted by Gasteiger charge is 2.38. The van der Waals surface area contributed by atoms with Gasteiger partial charge in [-0.25, -0.2) is 4.39 Å². The van der Waals surface area contributed by atoms with E-state index in [1.807, 2.05) is 9.80 Å². The molecule has 126 valence electrons. The zero-order valence-electron chi connectivity index (χ0n) is 13.2. The lowest BCUT2D eigenvalue weighted by Crippen LogP contribution is -2.42. The molecule has 1 aromatic rings. The molecule has 2 aliphatic heterocycles. The second-order valence-electron chi connectivity index (χ2n) is 6.52. The van der Waals surface area contributed by atoms with Gasteiger partial charge in [0.15, 0.2) is 0 Å². The first-order chi connectivity index (χ1) is 11.0. The normalized spacial score (nSPS) is 25.0. The summed E-state index contributed by atoms with van der Waals surface area (Å²) in [5, 5.41) is 10.6. The standard InChI is InChI=1S/C17H23FN2O3/c18-14-4-3-5-15(10-14)23-13-17(22)6-9-19(12-17)11-16(21)20-7-1-2-8-20/h3-5,10,22H,1-2,6-9,11-13H2/t17-/m0/s1. The Morgan fingerprint density at radius 1 is 1.30 bits per heavy atom. The van der Waals surface area contributed by atoms with E-state index in [0.29, 0.717) is 31.8 Å². The van der Waals surface area contributed by atoms with E-state index in [0.717, 1.165) is 25.9 Å². The smallest absolute Gasteiger partial charge is 0.236 e. The minimum Gasteiger partial charge on any atom is -0.490 e. The predicted molar refractivity (Wildman–Crippen MR) is 83.7 cm³/mol. The van der Waals surface area contributed by atoms with E-state index in [4.69, 9.17) is 4.74 Å². The molecule has 2 aliphatic rings. The molecule has 1 atom stereocenters. The Balaban J connectivity index is 1.48. The zero-order chi connectivity index (χ0) is 16.3. The summed E-state index contributed by atoms with van der Waals surface area (Å²) in [4.78, 5) is 16.0. The lowest BCUT2D eigenvalue weighted by atomic mass is 10.1. The van der Waals surface area contributed by atoms with Crippen molar-refractivity contribution in [2.24, 2.45) is 0 Å². The number of ether oxygens (including phenoxy) is 1. The van der Waals surface area contributed by atoms with Crippen LogP contribution in [0.4, 0.5) is 4.39 Å². The number of amides is 1. The average molecular weight is 322 g/mol. The molecular formula is C17H23FN2O3. The molecule has 0 aromatic heterocycles. The van der Waals surface area contributed by atoms with Gasteiger partial charge in [-0.2, -0.15) is 0 Å². The molecule has 23 heavy (non-hydrogen) atoms. The third kappa shape index (κ3) is 4.20. The molecule has 3 rings (SSSR count). The van der Waals surface area contributed by atoms with E-state index in [2.05, 4.69) is 0 Å². The van der Waals surface area contributed by atoms with Gasteiger partial charge in [0, 0.05) is 32.2 Å². The summed E-state index contributed by atoms with van der Waals surface area (Å²) < 4.78 is 18.6. The second kappa shape index (κ2) is 6.84. The van der Waals surface area contributed by atoms with E-state index in [-0.39, 0.29) is 18.3 Å². The number of halogens is 1. The molecule has 6 heteroatoms. The molecule has 1 N–H and O–H groups in total. The van der Waals surface area contributed by atoms with Crippen LogP contribution in [0.15, 0.2) is 24.3 Å². The number of rotatable bonds is 5. The summed E-state index contributed by atoms with van der Waals surface area (Å²) in [6.45, 7) is 3.22. The van der Waals surface area contributed by atoms with E-state index in [1.165, 1.54) is 12.1 Å². The van der Waals surface area contributed by atoms with Crippen molar-refractivity contribution < 1.29 is 19.0 Å². The fourth-order valence-electron chi connectivity index (χ4n) is 3.23. The molecule has 2 heterocycles. The maximum atomic E-state index is 13.1. The number of benzene rings is 1. The van der Waals surface area contributed by atoms with Crippen molar-refractivity contribution in [3.05, 3.63) is 30.1 Å². The van der Waals surface area contributed by atoms with Crippen molar-refractivity contribution in [3.63, 3.8) is 0 Å². The molecule has 0 aliphatic carbocycles. The minimum atomic E-state index is -0.988. The summed E-state index contributed by atoms with van der Waals surface area (Å²) in [6.07, 6.45) is 2.71. The molecule has 0 radical (unpaired) electrons. The Kier molecular flexibility index (Phi) is 4.82. The number of β-amino-alcohol motifs (C(OH)–C–C–N with tert-alkyl or cyclic N) is 1. The third-order valence-corrected chi connectivity index (χ3v) is 4.53. The monoisotopic (exact) mass is 322 g/mol. The van der Waals surface area contributed by atoms with E-state index >= 15 is 0 Å². The number of aliphatic hydroxyl groups is 1. The quantitative estimate of drug-likeness (QED) is 0.887. The average Bonchev–Trinajstić information content (AvgIpc) is 3.16. The summed E-state index contributed by atoms with van der Waals surface area (Å²) in [5.74, 6) is 0.182. The van der Waals surface area contributed by atoms with Gasteiger partial charge in [0.05, 0.1) is 6.54 Å². The van der Waals surface area contributed by atoms with Crippen LogP contribution < -0.4 is 4.74 Å². The summed E-state index contributed by atoms with van der Waals surface area (Å²) in [6, 6.07) is 5.89. The first-order valence-corrected chi connectivity index (χ1v) is 8.15. The van der Waals surface area contributed by atoms with E-state index in [1.54, 1.807) is 12.1 Å². The lowest BCUT2D eigenvalue weighted by Gasteiger charge is -2.24. The second-order valence-corrected chi connectivity index (χ2v) is 6.52. The topological polar surface area (TPSA) is 53.0 Å². The van der Waals surface area contributed by atoms with E-state index < -0.39 is 5.60 Å². The van der Waals surface area contributed by atoms with Crippen molar-refractivity contribution in [2.45, 2.75) is 24.9 Å². The fraction of sp³-hybridized carbons (Fsp3) is 0.588. The lowest BCUT2D eigenvalue weighted by molar-refractivity contribution is -0.131. The van der Waals surface area contributed by atoms with Gasteiger partial charge in [-0.05, 0) is 31.4 Å². The Morgan fingerprint density at radius 2 is 2.09 bits per heavy atom. The SMILES string of the molecule is O=C(CN1CC[C@@](O)(COc2cccc(F)c2)C1)N1CCCC1. The summed E-state index contributed by atoms with van der Waals surface area (Å²) in [7, 11) is 0. The molecule has 2 fully saturated rings. The van der Waals surface area contributed by atoms with Gasteiger partial charge in [-0.15, -0.1) is 0 Å². The third-order valence-electron chi connectivity index (χ3n) is 4.53. The fourth-order valence-corrected chi connectivity index (χ4v) is 3.23. The maximum Gasteiger partial charge on any atom is 0.236 e. The van der Waals surface area contributed by atoms with Crippen LogP contribution in [0.1, 0.15) is 19.3 Å². The van der Waals surface area contributed by atoms with Gasteiger partial charge >= 0.3 is 0 Å². The Bertz CT molecular complexity index is 563. The van der Waals surface area contributed by atoms with Gasteiger partial charge in [-0.3, -0.25) is 9.69 Å². The van der Waals surface area contributed by atoms with Crippen LogP contribution in [0.25, 0.3) is 0 Å². The largest absolute Gasteiger partial charge is 0.490 e. The first-order valence-electron chi connectivity index (χ1n) is 8.15. The Morgan fingerprint density at radius 3 is 2.83 bits per heavy atom. The van der Waals surface area contributed by atoms with Gasteiger partial charge in [0.2, 0.25) is 5.91 Å². The molecule has 5 nitrogen and oxygen atoms in total. The number of likely N-dealkylation sites (tertiary alicyclic amines) is 2. The minimum absolute atomic E-state index is 0.102. The molecule has 1 aromatic carbocycles. The van der Waals surface area contributed by atoms with Crippen LogP contribution in [-0.2, 0) is 4.79 Å². The summed E-state index contributed by atoms with van der Waals surface area (Å²) >= 11 is 0. The number of hydrogen-bond acceptors (Lipinski definition) is 4. The molecule has 1 amide bonds. The molecule has 0 spiro atoms. The van der Waals surface area contributed by atoms with Crippen LogP contribution in [0, 0.1) is 5.82 Å². The highest BCUT2D eigenvalue weighted by Crippen LogP contribution is 2.23. The first kappa shape index (κ1) is 16.2. The molecule has 2 saturated heterocycles. The summed E-state index contributed by atoms with van der Waals surface area (Å²) in [5.41, 5.74) is -0.988. The van der Waals surface area contributed by atoms with Crippen molar-refractivity contribution in [2.75, 3.05) is 39.3 Å². The number of carbonyl (C=O) groups is 1. The number of nitrogens with zero attached hydrogens (tertiary/aromatic N) is 2. The molecule has 0 bridgehead atoms. The highest BCUT2D eigenvalue weighted by atomic mass is 19.1. The predicted octanol–water partition coefficient (Wildman–Crippen LogP) is 1.26. The Hall–Kier alpha value is -1.66. The van der Waals surface area contributed by atoms with Gasteiger partial charge in [0.1, 0.15) is 23.8 Å². The Labute approximate surface area is 135 Å². The number of hydrogen-bond donors (Lipinski definition) is 1. The maximum absolute atomic E-state index is 13.1. The van der Waals surface area contributed by atoms with Gasteiger partial charge in [0.25, 0.3) is 0 Å². The van der Waals surface area contributed by atoms with Crippen LogP contribution in [0.3, 0.4) is 0 Å². The van der Waals surface area contributed by atoms with Crippen LogP contribution >= 0.6 is 0 Å². The molecule has 0 unspecified atom stereocenters. The van der Waals surface area contributed by atoms with Crippen LogP contribution in [-0.4, -0.2) is 65.7 Å². The van der Waals surface area contributed by atoms with Crippen LogP contribution in [0.2, 0.25) is 0 Å². The van der Waals surface area contributed by atoms with Crippen molar-refractivity contribution >= 4 is 5.91 Å². The van der Waals surface area contributed by atoms with Crippen molar-refractivity contribution in [1.29, 1.82) is 0 Å². The van der Waals surface area contributed by atoms with Crippen LogP contribution in [0.5, 0.6) is 5.75 Å². The van der Waals surface area contributed by atoms with Gasteiger partial charge in [-0.1, -0.05) is 6.07 Å². The van der Waals surface area contributed by atoms with Gasteiger partial charge < -0.3 is 14.7 Å². The van der Waals surface area contributed by atoms with Crippen molar-refractivity contribution in [1.82, 2.24) is 9.80 Å².